The van der Waals surface area contributed by atoms with Crippen molar-refractivity contribution in [3.8, 4) is 5.69 Å². The standard InChI is InChI=1S/C23H28N6O.HI/c1-3-25-23(26-14-12-18-6-4-7-20(16-18)22(30)24-2)27-17-19-8-10-21(11-9-19)29-15-5-13-28-29;/h4-11,13,15-16H,3,12,14,17H2,1-2H3,(H,24,30)(H2,25,26,27);1H. The average Bonchev–Trinajstić information content (AvgIpc) is 3.32. The lowest BCUT2D eigenvalue weighted by atomic mass is 10.1. The van der Waals surface area contributed by atoms with Crippen molar-refractivity contribution < 1.29 is 4.79 Å². The van der Waals surface area contributed by atoms with Crippen LogP contribution >= 0.6 is 24.0 Å². The Morgan fingerprint density at radius 2 is 1.87 bits per heavy atom. The molecular formula is C23H29IN6O. The Morgan fingerprint density at radius 1 is 1.06 bits per heavy atom. The summed E-state index contributed by atoms with van der Waals surface area (Å²) in [4.78, 5) is 16.5. The Balaban J connectivity index is 0.00000341. The first-order chi connectivity index (χ1) is 14.7. The van der Waals surface area contributed by atoms with Gasteiger partial charge in [-0.2, -0.15) is 5.10 Å². The molecule has 3 aromatic rings. The number of carbonyl (C=O) groups excluding carboxylic acids is 1. The maximum absolute atomic E-state index is 11.8. The number of halogens is 1. The third-order valence-electron chi connectivity index (χ3n) is 4.59. The fourth-order valence-corrected chi connectivity index (χ4v) is 3.03. The van der Waals surface area contributed by atoms with E-state index in [1.807, 2.05) is 60.3 Å². The predicted molar refractivity (Wildman–Crippen MR) is 135 cm³/mol. The molecule has 2 aromatic carbocycles. The van der Waals surface area contributed by atoms with Crippen molar-refractivity contribution in [3.63, 3.8) is 0 Å². The first kappa shape index (κ1) is 24.4. The van der Waals surface area contributed by atoms with Crippen LogP contribution in [0.5, 0.6) is 0 Å². The van der Waals surface area contributed by atoms with Gasteiger partial charge < -0.3 is 16.0 Å². The van der Waals surface area contributed by atoms with Crippen molar-refractivity contribution in [2.45, 2.75) is 19.9 Å². The minimum Gasteiger partial charge on any atom is -0.357 e. The van der Waals surface area contributed by atoms with E-state index in [1.54, 1.807) is 13.2 Å². The molecule has 0 aliphatic heterocycles. The van der Waals surface area contributed by atoms with Gasteiger partial charge in [0.1, 0.15) is 0 Å². The van der Waals surface area contributed by atoms with Crippen LogP contribution in [0.15, 0.2) is 72.0 Å². The molecule has 0 unspecified atom stereocenters. The van der Waals surface area contributed by atoms with E-state index >= 15 is 0 Å². The van der Waals surface area contributed by atoms with Gasteiger partial charge in [-0.1, -0.05) is 24.3 Å². The van der Waals surface area contributed by atoms with Gasteiger partial charge in [-0.15, -0.1) is 24.0 Å². The molecule has 0 fully saturated rings. The lowest BCUT2D eigenvalue weighted by molar-refractivity contribution is 0.0963. The van der Waals surface area contributed by atoms with Gasteiger partial charge in [-0.3, -0.25) is 4.79 Å². The van der Waals surface area contributed by atoms with E-state index in [9.17, 15) is 4.79 Å². The first-order valence-corrected chi connectivity index (χ1v) is 10.1. The molecule has 0 aliphatic carbocycles. The zero-order chi connectivity index (χ0) is 21.2. The molecular weight excluding hydrogens is 503 g/mol. The zero-order valence-electron chi connectivity index (χ0n) is 17.8. The second-order valence-corrected chi connectivity index (χ2v) is 6.77. The van der Waals surface area contributed by atoms with E-state index in [4.69, 9.17) is 0 Å². The molecule has 1 amide bonds. The van der Waals surface area contributed by atoms with Crippen LogP contribution in [0.2, 0.25) is 0 Å². The Kier molecular flexibility index (Phi) is 10.0. The Bertz CT molecular complexity index is 970. The van der Waals surface area contributed by atoms with Crippen LogP contribution in [0.1, 0.15) is 28.4 Å². The second kappa shape index (κ2) is 12.7. The summed E-state index contributed by atoms with van der Waals surface area (Å²) in [6.45, 7) is 4.14. The monoisotopic (exact) mass is 532 g/mol. The molecule has 3 N–H and O–H groups in total. The summed E-state index contributed by atoms with van der Waals surface area (Å²) in [6, 6.07) is 17.8. The normalized spacial score (nSPS) is 10.8. The second-order valence-electron chi connectivity index (χ2n) is 6.77. The van der Waals surface area contributed by atoms with Gasteiger partial charge in [0, 0.05) is 38.1 Å². The number of hydrogen-bond acceptors (Lipinski definition) is 3. The van der Waals surface area contributed by atoms with Gasteiger partial charge in [-0.25, -0.2) is 9.67 Å². The van der Waals surface area contributed by atoms with Gasteiger partial charge in [0.25, 0.3) is 5.91 Å². The summed E-state index contributed by atoms with van der Waals surface area (Å²) in [5.74, 6) is 0.703. The minimum absolute atomic E-state index is 0. The molecule has 7 nitrogen and oxygen atoms in total. The number of amides is 1. The molecule has 164 valence electrons. The molecule has 0 radical (unpaired) electrons. The third kappa shape index (κ3) is 7.39. The summed E-state index contributed by atoms with van der Waals surface area (Å²) in [5.41, 5.74) is 3.93. The number of carbonyl (C=O) groups is 1. The molecule has 0 aliphatic rings. The van der Waals surface area contributed by atoms with E-state index in [1.165, 1.54) is 0 Å². The SMILES string of the molecule is CCNC(=NCc1ccc(-n2cccn2)cc1)NCCc1cccc(C(=O)NC)c1.I. The van der Waals surface area contributed by atoms with Crippen molar-refractivity contribution in [1.29, 1.82) is 0 Å². The summed E-state index contributed by atoms with van der Waals surface area (Å²) in [7, 11) is 1.64. The van der Waals surface area contributed by atoms with E-state index in [0.717, 1.165) is 42.3 Å². The highest BCUT2D eigenvalue weighted by Crippen LogP contribution is 2.09. The molecule has 8 heteroatoms. The van der Waals surface area contributed by atoms with Crippen molar-refractivity contribution in [3.05, 3.63) is 83.7 Å². The molecule has 0 saturated heterocycles. The van der Waals surface area contributed by atoms with Gasteiger partial charge in [-0.05, 0) is 54.8 Å². The molecule has 0 spiro atoms. The van der Waals surface area contributed by atoms with Crippen LogP contribution in [0, 0.1) is 0 Å². The number of benzene rings is 2. The molecule has 0 saturated carbocycles. The van der Waals surface area contributed by atoms with Crippen molar-refractivity contribution in [2.24, 2.45) is 4.99 Å². The molecule has 1 heterocycles. The van der Waals surface area contributed by atoms with Crippen molar-refractivity contribution >= 4 is 35.8 Å². The summed E-state index contributed by atoms with van der Waals surface area (Å²) in [5, 5.41) is 13.5. The third-order valence-corrected chi connectivity index (χ3v) is 4.59. The maximum Gasteiger partial charge on any atom is 0.251 e. The number of guanidine groups is 1. The maximum atomic E-state index is 11.8. The largest absolute Gasteiger partial charge is 0.357 e. The topological polar surface area (TPSA) is 83.3 Å². The molecule has 0 bridgehead atoms. The average molecular weight is 532 g/mol. The van der Waals surface area contributed by atoms with Crippen molar-refractivity contribution in [1.82, 2.24) is 25.7 Å². The van der Waals surface area contributed by atoms with Crippen molar-refractivity contribution in [2.75, 3.05) is 20.1 Å². The fourth-order valence-electron chi connectivity index (χ4n) is 3.03. The van der Waals surface area contributed by atoms with Crippen LogP contribution in [0.4, 0.5) is 0 Å². The number of nitrogens with one attached hydrogen (secondary N) is 3. The highest BCUT2D eigenvalue weighted by Gasteiger charge is 2.04. The fraction of sp³-hybridized carbons (Fsp3) is 0.261. The van der Waals surface area contributed by atoms with E-state index < -0.39 is 0 Å². The minimum atomic E-state index is -0.0710. The number of nitrogens with zero attached hydrogens (tertiary/aromatic N) is 3. The van der Waals surface area contributed by atoms with Gasteiger partial charge in [0.15, 0.2) is 5.96 Å². The van der Waals surface area contributed by atoms with Gasteiger partial charge in [0.2, 0.25) is 0 Å². The van der Waals surface area contributed by atoms with Crippen LogP contribution in [0.3, 0.4) is 0 Å². The highest BCUT2D eigenvalue weighted by atomic mass is 127. The molecule has 1 aromatic heterocycles. The van der Waals surface area contributed by atoms with Crippen LogP contribution in [0.25, 0.3) is 5.69 Å². The van der Waals surface area contributed by atoms with Crippen LogP contribution < -0.4 is 16.0 Å². The predicted octanol–water partition coefficient (Wildman–Crippen LogP) is 3.15. The summed E-state index contributed by atoms with van der Waals surface area (Å²) in [6.07, 6.45) is 4.49. The van der Waals surface area contributed by atoms with E-state index in [0.29, 0.717) is 12.1 Å². The highest BCUT2D eigenvalue weighted by molar-refractivity contribution is 14.0. The van der Waals surface area contributed by atoms with Gasteiger partial charge >= 0.3 is 0 Å². The molecule has 31 heavy (non-hydrogen) atoms. The van der Waals surface area contributed by atoms with E-state index in [2.05, 4.69) is 38.2 Å². The Labute approximate surface area is 200 Å². The quantitative estimate of drug-likeness (QED) is 0.237. The first-order valence-electron chi connectivity index (χ1n) is 10.1. The molecule has 3 rings (SSSR count). The lowest BCUT2D eigenvalue weighted by Gasteiger charge is -2.12. The summed E-state index contributed by atoms with van der Waals surface area (Å²) < 4.78 is 1.83. The number of rotatable bonds is 8. The number of aromatic nitrogens is 2. The number of hydrogen-bond donors (Lipinski definition) is 3. The molecule has 0 atom stereocenters. The Hall–Kier alpha value is -2.88. The lowest BCUT2D eigenvalue weighted by Crippen LogP contribution is -2.38. The van der Waals surface area contributed by atoms with Crippen LogP contribution in [-0.4, -0.2) is 41.8 Å². The Morgan fingerprint density at radius 3 is 2.55 bits per heavy atom. The summed E-state index contributed by atoms with van der Waals surface area (Å²) >= 11 is 0. The van der Waals surface area contributed by atoms with E-state index in [-0.39, 0.29) is 29.9 Å². The van der Waals surface area contributed by atoms with Crippen LogP contribution in [-0.2, 0) is 13.0 Å². The smallest absolute Gasteiger partial charge is 0.251 e. The zero-order valence-corrected chi connectivity index (χ0v) is 20.2. The number of aliphatic imine (C=N–C) groups is 1. The van der Waals surface area contributed by atoms with Gasteiger partial charge in [0.05, 0.1) is 12.2 Å².